The average molecular weight is 554 g/mol. The molecule has 0 bridgehead atoms. The summed E-state index contributed by atoms with van der Waals surface area (Å²) in [7, 11) is 8.81. The maximum Gasteiger partial charge on any atom is 0.337 e. The van der Waals surface area contributed by atoms with Crippen molar-refractivity contribution in [2.75, 3.05) is 41.3 Å². The number of aryl methyl sites for hydroxylation is 1. The molecule has 5 rings (SSSR count). The number of ether oxygens (including phenoxy) is 1. The van der Waals surface area contributed by atoms with Crippen LogP contribution in [0.2, 0.25) is 0 Å². The normalized spacial score (nSPS) is 11.9. The maximum absolute atomic E-state index is 13.2. The van der Waals surface area contributed by atoms with Crippen molar-refractivity contribution in [3.8, 4) is 5.88 Å². The van der Waals surface area contributed by atoms with Crippen molar-refractivity contribution in [2.45, 2.75) is 0 Å². The molecule has 210 valence electrons. The van der Waals surface area contributed by atoms with Crippen LogP contribution < -0.4 is 0 Å². The zero-order chi connectivity index (χ0) is 29.3. The number of aliphatic imine (C=N–C) groups is 1. The summed E-state index contributed by atoms with van der Waals surface area (Å²) in [6, 6.07) is 12.3. The fourth-order valence-corrected chi connectivity index (χ4v) is 4.64. The number of carbonyl (C=O) groups is 2. The number of likely N-dealkylation sites (N-methyl/N-ethyl adjacent to an activating group) is 2. The number of nitrogens with one attached hydrogen (secondary N) is 1. The Balaban J connectivity index is 1.65. The number of hydrogen-bond donors (Lipinski definition) is 2. The molecule has 5 aromatic rings. The summed E-state index contributed by atoms with van der Waals surface area (Å²) in [5, 5.41) is 11.8. The third kappa shape index (κ3) is 5.52. The minimum atomic E-state index is -0.485. The summed E-state index contributed by atoms with van der Waals surface area (Å²) >= 11 is 0. The molecule has 2 N–H and O–H groups in total. The lowest BCUT2D eigenvalue weighted by Gasteiger charge is -2.19. The van der Waals surface area contributed by atoms with E-state index >= 15 is 0 Å². The third-order valence-electron chi connectivity index (χ3n) is 6.86. The van der Waals surface area contributed by atoms with Gasteiger partial charge in [-0.25, -0.2) is 9.79 Å². The van der Waals surface area contributed by atoms with Gasteiger partial charge in [-0.05, 0) is 44.4 Å². The fraction of sp³-hybridized carbons (Fsp3) is 0.233. The van der Waals surface area contributed by atoms with Crippen molar-refractivity contribution >= 4 is 45.2 Å². The Bertz CT molecular complexity index is 1800. The van der Waals surface area contributed by atoms with Gasteiger partial charge in [0.1, 0.15) is 5.69 Å². The topological polar surface area (TPSA) is 129 Å². The molecular weight excluding hydrogens is 522 g/mol. The van der Waals surface area contributed by atoms with Gasteiger partial charge in [0, 0.05) is 62.2 Å². The van der Waals surface area contributed by atoms with Crippen LogP contribution in [0.1, 0.15) is 32.0 Å². The molecule has 41 heavy (non-hydrogen) atoms. The molecule has 0 radical (unpaired) electrons. The summed E-state index contributed by atoms with van der Waals surface area (Å²) in [6.45, 7) is 1.32. The summed E-state index contributed by atoms with van der Waals surface area (Å²) < 4.78 is 6.59. The summed E-state index contributed by atoms with van der Waals surface area (Å²) in [6.07, 6.45) is 5.01. The van der Waals surface area contributed by atoms with Crippen molar-refractivity contribution < 1.29 is 19.4 Å². The first kappa shape index (κ1) is 27.5. The van der Waals surface area contributed by atoms with Crippen molar-refractivity contribution in [3.05, 3.63) is 83.4 Å². The standard InChI is InChI=1S/C30H31N7O4/c1-35(2)12-13-36(3)29(39)25-16-20(17-37(25)4)33-27(18-7-9-22-24(14-18)32-11-10-31-22)26-21-8-6-19(30(40)41-5)15-23(21)34-28(26)38/h6-11,14-17,34,38H,12-13H2,1-5H3. The Labute approximate surface area is 236 Å². The van der Waals surface area contributed by atoms with Crippen LogP contribution >= 0.6 is 0 Å². The first-order valence-electron chi connectivity index (χ1n) is 13.0. The van der Waals surface area contributed by atoms with E-state index in [4.69, 9.17) is 9.73 Å². The lowest BCUT2D eigenvalue weighted by Crippen LogP contribution is -2.34. The Morgan fingerprint density at radius 3 is 2.46 bits per heavy atom. The van der Waals surface area contributed by atoms with E-state index in [0.29, 0.717) is 56.7 Å². The second-order valence-corrected chi connectivity index (χ2v) is 10.0. The van der Waals surface area contributed by atoms with Crippen LogP contribution in [0, 0.1) is 0 Å². The molecule has 3 aromatic heterocycles. The number of amides is 1. The van der Waals surface area contributed by atoms with Crippen molar-refractivity contribution in [1.82, 2.24) is 29.3 Å². The Morgan fingerprint density at radius 2 is 1.73 bits per heavy atom. The van der Waals surface area contributed by atoms with Crippen LogP contribution in [0.25, 0.3) is 21.9 Å². The Morgan fingerprint density at radius 1 is 1.00 bits per heavy atom. The highest BCUT2D eigenvalue weighted by Crippen LogP contribution is 2.33. The smallest absolute Gasteiger partial charge is 0.337 e. The van der Waals surface area contributed by atoms with Gasteiger partial charge >= 0.3 is 5.97 Å². The highest BCUT2D eigenvalue weighted by Gasteiger charge is 2.22. The van der Waals surface area contributed by atoms with Crippen LogP contribution in [-0.4, -0.2) is 93.4 Å². The highest BCUT2D eigenvalue weighted by molar-refractivity contribution is 6.22. The molecule has 1 amide bonds. The summed E-state index contributed by atoms with van der Waals surface area (Å²) in [5.41, 5.74) is 4.87. The van der Waals surface area contributed by atoms with Gasteiger partial charge in [0.2, 0.25) is 0 Å². The van der Waals surface area contributed by atoms with E-state index in [1.807, 2.05) is 37.2 Å². The van der Waals surface area contributed by atoms with Gasteiger partial charge in [-0.3, -0.25) is 14.8 Å². The minimum Gasteiger partial charge on any atom is -0.494 e. The van der Waals surface area contributed by atoms with Gasteiger partial charge in [-0.2, -0.15) is 0 Å². The Hall–Kier alpha value is -5.03. The average Bonchev–Trinajstić information content (AvgIpc) is 3.50. The van der Waals surface area contributed by atoms with Crippen LogP contribution in [0.5, 0.6) is 5.88 Å². The number of aromatic nitrogens is 4. The number of methoxy groups -OCH3 is 1. The second-order valence-electron chi connectivity index (χ2n) is 10.0. The number of benzene rings is 2. The number of hydrogen-bond acceptors (Lipinski definition) is 8. The number of esters is 1. The molecule has 0 atom stereocenters. The molecule has 0 unspecified atom stereocenters. The van der Waals surface area contributed by atoms with Crippen LogP contribution in [-0.2, 0) is 11.8 Å². The zero-order valence-electron chi connectivity index (χ0n) is 23.5. The van der Waals surface area contributed by atoms with E-state index in [1.165, 1.54) is 7.11 Å². The predicted octanol–water partition coefficient (Wildman–Crippen LogP) is 3.74. The van der Waals surface area contributed by atoms with Gasteiger partial charge < -0.3 is 29.2 Å². The Kier molecular flexibility index (Phi) is 7.54. The van der Waals surface area contributed by atoms with Crippen molar-refractivity contribution in [3.63, 3.8) is 0 Å². The number of fused-ring (bicyclic) bond motifs is 2. The summed E-state index contributed by atoms with van der Waals surface area (Å²) in [4.78, 5) is 45.7. The van der Waals surface area contributed by atoms with Gasteiger partial charge in [0.05, 0.1) is 40.7 Å². The molecule has 0 saturated heterocycles. The first-order valence-corrected chi connectivity index (χ1v) is 13.0. The SMILES string of the molecule is COC(=O)c1ccc2c(C(=Nc3cc(C(=O)N(C)CCN(C)C)n(C)c3)c3ccc4nccnc4c3)c(O)[nH]c2c1. The molecule has 2 aromatic carbocycles. The van der Waals surface area contributed by atoms with E-state index in [0.717, 1.165) is 12.1 Å². The first-order chi connectivity index (χ1) is 19.7. The number of rotatable bonds is 8. The molecule has 0 saturated carbocycles. The quantitative estimate of drug-likeness (QED) is 0.221. The van der Waals surface area contributed by atoms with E-state index in [9.17, 15) is 14.7 Å². The van der Waals surface area contributed by atoms with Crippen molar-refractivity contribution in [1.29, 1.82) is 0 Å². The molecule has 0 aliphatic rings. The minimum absolute atomic E-state index is 0.115. The zero-order valence-corrected chi connectivity index (χ0v) is 23.5. The third-order valence-corrected chi connectivity index (χ3v) is 6.86. The van der Waals surface area contributed by atoms with E-state index < -0.39 is 5.97 Å². The van der Waals surface area contributed by atoms with Crippen LogP contribution in [0.4, 0.5) is 5.69 Å². The maximum atomic E-state index is 13.2. The predicted molar refractivity (Wildman–Crippen MR) is 157 cm³/mol. The number of aromatic amines is 1. The number of aromatic hydroxyl groups is 1. The fourth-order valence-electron chi connectivity index (χ4n) is 4.64. The molecule has 0 fully saturated rings. The monoisotopic (exact) mass is 553 g/mol. The lowest BCUT2D eigenvalue weighted by molar-refractivity contribution is 0.0600. The highest BCUT2D eigenvalue weighted by atomic mass is 16.5. The van der Waals surface area contributed by atoms with E-state index in [1.54, 1.807) is 66.4 Å². The van der Waals surface area contributed by atoms with Gasteiger partial charge in [0.25, 0.3) is 5.91 Å². The number of H-pyrrole nitrogens is 1. The molecule has 3 heterocycles. The van der Waals surface area contributed by atoms with Gasteiger partial charge in [0.15, 0.2) is 5.88 Å². The molecule has 11 heteroatoms. The molecule has 11 nitrogen and oxygen atoms in total. The number of nitrogens with zero attached hydrogens (tertiary/aromatic N) is 6. The molecule has 0 aliphatic carbocycles. The van der Waals surface area contributed by atoms with Gasteiger partial charge in [-0.15, -0.1) is 0 Å². The van der Waals surface area contributed by atoms with Gasteiger partial charge in [-0.1, -0.05) is 12.1 Å². The number of carbonyl (C=O) groups excluding carboxylic acids is 2. The molecule has 0 aliphatic heterocycles. The summed E-state index contributed by atoms with van der Waals surface area (Å²) in [5.74, 6) is -0.721. The molecule has 0 spiro atoms. The van der Waals surface area contributed by atoms with Crippen LogP contribution in [0.15, 0.2) is 66.0 Å². The molecular formula is C30H31N7O4. The largest absolute Gasteiger partial charge is 0.494 e. The van der Waals surface area contributed by atoms with E-state index in [2.05, 4.69) is 15.0 Å². The van der Waals surface area contributed by atoms with Crippen molar-refractivity contribution in [2.24, 2.45) is 12.0 Å². The van der Waals surface area contributed by atoms with Crippen LogP contribution in [0.3, 0.4) is 0 Å². The van der Waals surface area contributed by atoms with E-state index in [-0.39, 0.29) is 11.8 Å². The lowest BCUT2D eigenvalue weighted by atomic mass is 9.99. The second kappa shape index (κ2) is 11.2.